The quantitative estimate of drug-likeness (QED) is 0.854. The van der Waals surface area contributed by atoms with E-state index in [1.807, 2.05) is 0 Å². The molecule has 0 saturated carbocycles. The summed E-state index contributed by atoms with van der Waals surface area (Å²) in [7, 11) is 0. The van der Waals surface area contributed by atoms with Crippen LogP contribution in [0.5, 0.6) is 0 Å². The van der Waals surface area contributed by atoms with E-state index in [0.717, 1.165) is 25.8 Å². The summed E-state index contributed by atoms with van der Waals surface area (Å²) in [4.78, 5) is 5.47. The minimum atomic E-state index is 0.598. The van der Waals surface area contributed by atoms with Gasteiger partial charge >= 0.3 is 0 Å². The van der Waals surface area contributed by atoms with E-state index >= 15 is 0 Å². The van der Waals surface area contributed by atoms with Gasteiger partial charge in [0.05, 0.1) is 6.61 Å². The molecular formula is C17H33N3O. The van der Waals surface area contributed by atoms with E-state index in [2.05, 4.69) is 22.0 Å². The zero-order valence-corrected chi connectivity index (χ0v) is 13.7. The van der Waals surface area contributed by atoms with Gasteiger partial charge in [0.25, 0.3) is 0 Å². The standard InChI is InChI=1S/C17H33N3O/c1-2-18-16-8-13-21-14-17(16)20-11-6-15(7-12-20)19-9-4-3-5-10-19/h15-18H,2-14H2,1H3. The highest BCUT2D eigenvalue weighted by molar-refractivity contribution is 4.91. The van der Waals surface area contributed by atoms with E-state index in [-0.39, 0.29) is 0 Å². The normalized spacial score (nSPS) is 34.1. The van der Waals surface area contributed by atoms with Crippen molar-refractivity contribution in [2.24, 2.45) is 0 Å². The molecule has 0 aromatic rings. The average Bonchev–Trinajstić information content (AvgIpc) is 2.57. The third-order valence-electron chi connectivity index (χ3n) is 5.67. The van der Waals surface area contributed by atoms with Crippen LogP contribution >= 0.6 is 0 Å². The molecule has 3 aliphatic heterocycles. The Balaban J connectivity index is 1.49. The molecule has 0 aliphatic carbocycles. The molecule has 3 saturated heterocycles. The van der Waals surface area contributed by atoms with Crippen LogP contribution in [0.4, 0.5) is 0 Å². The summed E-state index contributed by atoms with van der Waals surface area (Å²) in [6.45, 7) is 10.4. The lowest BCUT2D eigenvalue weighted by molar-refractivity contribution is -0.0206. The number of hydrogen-bond donors (Lipinski definition) is 1. The summed E-state index contributed by atoms with van der Waals surface area (Å²) in [5, 5.41) is 3.67. The molecule has 21 heavy (non-hydrogen) atoms. The van der Waals surface area contributed by atoms with Gasteiger partial charge in [0.1, 0.15) is 0 Å². The highest BCUT2D eigenvalue weighted by Crippen LogP contribution is 2.24. The van der Waals surface area contributed by atoms with Gasteiger partial charge in [0.2, 0.25) is 0 Å². The number of hydrogen-bond acceptors (Lipinski definition) is 4. The van der Waals surface area contributed by atoms with Crippen molar-refractivity contribution in [3.05, 3.63) is 0 Å². The van der Waals surface area contributed by atoms with E-state index in [9.17, 15) is 0 Å². The Labute approximate surface area is 130 Å². The molecule has 122 valence electrons. The van der Waals surface area contributed by atoms with Gasteiger partial charge in [-0.2, -0.15) is 0 Å². The Hall–Kier alpha value is -0.160. The van der Waals surface area contributed by atoms with Gasteiger partial charge in [-0.3, -0.25) is 4.90 Å². The third-order valence-corrected chi connectivity index (χ3v) is 5.67. The molecule has 3 fully saturated rings. The molecule has 4 heteroatoms. The number of nitrogens with zero attached hydrogens (tertiary/aromatic N) is 2. The van der Waals surface area contributed by atoms with Crippen LogP contribution in [0.3, 0.4) is 0 Å². The first-order chi connectivity index (χ1) is 10.4. The molecule has 2 unspecified atom stereocenters. The molecule has 0 bridgehead atoms. The first-order valence-electron chi connectivity index (χ1n) is 9.17. The average molecular weight is 295 g/mol. The predicted molar refractivity (Wildman–Crippen MR) is 86.7 cm³/mol. The molecule has 0 aromatic heterocycles. The van der Waals surface area contributed by atoms with Crippen molar-refractivity contribution in [1.29, 1.82) is 0 Å². The maximum Gasteiger partial charge on any atom is 0.0637 e. The lowest BCUT2D eigenvalue weighted by atomic mass is 9.95. The van der Waals surface area contributed by atoms with Gasteiger partial charge in [-0.1, -0.05) is 13.3 Å². The highest BCUT2D eigenvalue weighted by Gasteiger charge is 2.34. The Kier molecular flexibility index (Phi) is 5.92. The SMILES string of the molecule is CCNC1CCOCC1N1CCC(N2CCCCC2)CC1. The Morgan fingerprint density at radius 3 is 2.43 bits per heavy atom. The van der Waals surface area contributed by atoms with Gasteiger partial charge in [-0.05, 0) is 51.7 Å². The van der Waals surface area contributed by atoms with E-state index in [4.69, 9.17) is 4.74 Å². The van der Waals surface area contributed by atoms with Crippen molar-refractivity contribution >= 4 is 0 Å². The number of ether oxygens (including phenoxy) is 1. The summed E-state index contributed by atoms with van der Waals surface area (Å²) < 4.78 is 5.76. The van der Waals surface area contributed by atoms with Crippen LogP contribution in [0.2, 0.25) is 0 Å². The molecule has 4 nitrogen and oxygen atoms in total. The van der Waals surface area contributed by atoms with Crippen molar-refractivity contribution in [1.82, 2.24) is 15.1 Å². The van der Waals surface area contributed by atoms with Crippen LogP contribution < -0.4 is 5.32 Å². The molecule has 0 spiro atoms. The largest absolute Gasteiger partial charge is 0.380 e. The molecule has 1 N–H and O–H groups in total. The Bertz CT molecular complexity index is 296. The van der Waals surface area contributed by atoms with Crippen molar-refractivity contribution in [3.63, 3.8) is 0 Å². The first-order valence-corrected chi connectivity index (χ1v) is 9.17. The predicted octanol–water partition coefficient (Wildman–Crippen LogP) is 1.70. The maximum absolute atomic E-state index is 5.76. The van der Waals surface area contributed by atoms with Gasteiger partial charge in [0, 0.05) is 37.8 Å². The number of likely N-dealkylation sites (N-methyl/N-ethyl adjacent to an activating group) is 1. The second kappa shape index (κ2) is 7.91. The summed E-state index contributed by atoms with van der Waals surface area (Å²) >= 11 is 0. The number of likely N-dealkylation sites (tertiary alicyclic amines) is 2. The molecule has 3 heterocycles. The highest BCUT2D eigenvalue weighted by atomic mass is 16.5. The second-order valence-corrected chi connectivity index (χ2v) is 6.96. The molecule has 0 radical (unpaired) electrons. The summed E-state index contributed by atoms with van der Waals surface area (Å²) in [5.41, 5.74) is 0. The van der Waals surface area contributed by atoms with Crippen molar-refractivity contribution in [3.8, 4) is 0 Å². The Morgan fingerprint density at radius 2 is 1.71 bits per heavy atom. The van der Waals surface area contributed by atoms with Gasteiger partial charge in [0.15, 0.2) is 0 Å². The van der Waals surface area contributed by atoms with Crippen molar-refractivity contribution in [2.75, 3.05) is 45.9 Å². The summed E-state index contributed by atoms with van der Waals surface area (Å²) in [5.74, 6) is 0. The minimum absolute atomic E-state index is 0.598. The van der Waals surface area contributed by atoms with E-state index < -0.39 is 0 Å². The summed E-state index contributed by atoms with van der Waals surface area (Å²) in [6, 6.07) is 2.08. The molecule has 3 rings (SSSR count). The van der Waals surface area contributed by atoms with Crippen LogP contribution in [0.15, 0.2) is 0 Å². The van der Waals surface area contributed by atoms with Crippen LogP contribution in [-0.2, 0) is 4.74 Å². The lowest BCUT2D eigenvalue weighted by Gasteiger charge is -2.45. The molecular weight excluding hydrogens is 262 g/mol. The van der Waals surface area contributed by atoms with Gasteiger partial charge in [-0.15, -0.1) is 0 Å². The third kappa shape index (κ3) is 3.98. The number of rotatable bonds is 4. The number of nitrogens with one attached hydrogen (secondary N) is 1. The van der Waals surface area contributed by atoms with E-state index in [1.54, 1.807) is 0 Å². The van der Waals surface area contributed by atoms with Gasteiger partial charge < -0.3 is 15.0 Å². The first kappa shape index (κ1) is 15.7. The molecule has 0 amide bonds. The van der Waals surface area contributed by atoms with E-state index in [1.165, 1.54) is 64.7 Å². The van der Waals surface area contributed by atoms with Crippen molar-refractivity contribution < 1.29 is 4.74 Å². The zero-order chi connectivity index (χ0) is 14.5. The second-order valence-electron chi connectivity index (χ2n) is 6.96. The molecule has 3 aliphatic rings. The molecule has 0 aromatic carbocycles. The smallest absolute Gasteiger partial charge is 0.0637 e. The van der Waals surface area contributed by atoms with Crippen molar-refractivity contribution in [2.45, 2.75) is 63.6 Å². The van der Waals surface area contributed by atoms with Crippen LogP contribution in [0.25, 0.3) is 0 Å². The lowest BCUT2D eigenvalue weighted by Crippen LogP contribution is -2.58. The van der Waals surface area contributed by atoms with E-state index in [0.29, 0.717) is 12.1 Å². The van der Waals surface area contributed by atoms with Gasteiger partial charge in [-0.25, -0.2) is 0 Å². The number of piperidine rings is 2. The Morgan fingerprint density at radius 1 is 0.952 bits per heavy atom. The molecule has 2 atom stereocenters. The maximum atomic E-state index is 5.76. The fourth-order valence-corrected chi connectivity index (χ4v) is 4.45. The van der Waals surface area contributed by atoms with Crippen LogP contribution in [-0.4, -0.2) is 73.9 Å². The fraction of sp³-hybridized carbons (Fsp3) is 1.00. The minimum Gasteiger partial charge on any atom is -0.380 e. The van der Waals surface area contributed by atoms with Crippen LogP contribution in [0.1, 0.15) is 45.4 Å². The zero-order valence-electron chi connectivity index (χ0n) is 13.7. The summed E-state index contributed by atoms with van der Waals surface area (Å²) in [6.07, 6.45) is 8.16. The fourth-order valence-electron chi connectivity index (χ4n) is 4.45. The van der Waals surface area contributed by atoms with Crippen LogP contribution in [0, 0.1) is 0 Å². The monoisotopic (exact) mass is 295 g/mol. The topological polar surface area (TPSA) is 27.7 Å².